The molecule has 7 nitrogen and oxygen atoms in total. The van der Waals surface area contributed by atoms with Gasteiger partial charge in [0.25, 0.3) is 11.4 Å². The molecule has 0 aliphatic heterocycles. The maximum Gasteiger partial charge on any atom is 0.259 e. The van der Waals surface area contributed by atoms with Crippen LogP contribution in [0.2, 0.25) is 0 Å². The first-order valence-corrected chi connectivity index (χ1v) is 9.88. The minimum absolute atomic E-state index is 0.126. The predicted molar refractivity (Wildman–Crippen MR) is 119 cm³/mol. The second-order valence-corrected chi connectivity index (χ2v) is 7.54. The number of rotatable bonds is 5. The molecule has 0 spiro atoms. The molecule has 0 radical (unpaired) electrons. The fourth-order valence-electron chi connectivity index (χ4n) is 3.24. The largest absolute Gasteiger partial charge is 0.334 e. The molecule has 156 valence electrons. The van der Waals surface area contributed by atoms with E-state index >= 15 is 0 Å². The third-order valence-electron chi connectivity index (χ3n) is 4.94. The molecule has 2 aromatic heterocycles. The maximum absolute atomic E-state index is 12.5. The zero-order valence-corrected chi connectivity index (χ0v) is 17.5. The molecule has 2 aromatic carbocycles. The number of aryl methyl sites for hydroxylation is 3. The molecule has 0 saturated heterocycles. The lowest BCUT2D eigenvalue weighted by molar-refractivity contribution is -0.116. The van der Waals surface area contributed by atoms with E-state index in [9.17, 15) is 9.59 Å². The molecular weight excluding hydrogens is 392 g/mol. The van der Waals surface area contributed by atoms with Gasteiger partial charge >= 0.3 is 0 Å². The van der Waals surface area contributed by atoms with Crippen LogP contribution in [0.3, 0.4) is 0 Å². The Balaban J connectivity index is 1.54. The smallest absolute Gasteiger partial charge is 0.259 e. The Hall–Kier alpha value is -4.00. The summed E-state index contributed by atoms with van der Waals surface area (Å²) in [4.78, 5) is 29.2. The summed E-state index contributed by atoms with van der Waals surface area (Å²) in [6, 6.07) is 16.5. The number of benzene rings is 2. The van der Waals surface area contributed by atoms with Crippen LogP contribution in [-0.2, 0) is 11.3 Å². The Morgan fingerprint density at radius 1 is 0.968 bits per heavy atom. The van der Waals surface area contributed by atoms with E-state index in [4.69, 9.17) is 4.52 Å². The third-order valence-corrected chi connectivity index (χ3v) is 4.94. The van der Waals surface area contributed by atoms with E-state index in [2.05, 4.69) is 15.5 Å². The number of carbonyl (C=O) groups is 1. The summed E-state index contributed by atoms with van der Waals surface area (Å²) in [5.74, 6) is 0.441. The number of hydrogen-bond acceptors (Lipinski definition) is 5. The van der Waals surface area contributed by atoms with Gasteiger partial charge in [-0.25, -0.2) is 0 Å². The zero-order valence-electron chi connectivity index (χ0n) is 17.5. The summed E-state index contributed by atoms with van der Waals surface area (Å²) in [5, 5.41) is 6.88. The molecule has 1 amide bonds. The van der Waals surface area contributed by atoms with E-state index in [-0.39, 0.29) is 23.9 Å². The van der Waals surface area contributed by atoms with Gasteiger partial charge in [-0.15, -0.1) is 0 Å². The van der Waals surface area contributed by atoms with Crippen molar-refractivity contribution < 1.29 is 9.32 Å². The highest BCUT2D eigenvalue weighted by molar-refractivity contribution is 5.91. The molecule has 0 unspecified atom stereocenters. The van der Waals surface area contributed by atoms with Gasteiger partial charge < -0.3 is 14.4 Å². The Morgan fingerprint density at radius 3 is 2.42 bits per heavy atom. The Bertz CT molecular complexity index is 1300. The van der Waals surface area contributed by atoms with Crippen molar-refractivity contribution in [3.05, 3.63) is 87.8 Å². The molecular formula is C24H22N4O3. The van der Waals surface area contributed by atoms with Crippen LogP contribution < -0.4 is 10.9 Å². The lowest BCUT2D eigenvalue weighted by Crippen LogP contribution is -2.27. The monoisotopic (exact) mass is 414 g/mol. The van der Waals surface area contributed by atoms with Gasteiger partial charge in [0.05, 0.1) is 5.56 Å². The van der Waals surface area contributed by atoms with E-state index in [1.807, 2.05) is 63.2 Å². The Kier molecular flexibility index (Phi) is 5.49. The first kappa shape index (κ1) is 20.3. The summed E-state index contributed by atoms with van der Waals surface area (Å²) in [6.45, 7) is 5.80. The van der Waals surface area contributed by atoms with E-state index in [1.54, 1.807) is 12.3 Å². The van der Waals surface area contributed by atoms with Crippen LogP contribution >= 0.6 is 0 Å². The number of anilines is 1. The quantitative estimate of drug-likeness (QED) is 0.530. The molecule has 0 fully saturated rings. The lowest BCUT2D eigenvalue weighted by Gasteiger charge is -2.10. The average molecular weight is 414 g/mol. The van der Waals surface area contributed by atoms with Gasteiger partial charge in [-0.2, -0.15) is 4.98 Å². The van der Waals surface area contributed by atoms with Crippen LogP contribution in [0.15, 0.2) is 70.1 Å². The minimum Gasteiger partial charge on any atom is -0.334 e. The number of nitrogens with zero attached hydrogens (tertiary/aromatic N) is 3. The van der Waals surface area contributed by atoms with Crippen LogP contribution in [0.5, 0.6) is 0 Å². The van der Waals surface area contributed by atoms with Gasteiger partial charge in [-0.1, -0.05) is 52.7 Å². The number of hydrogen-bond donors (Lipinski definition) is 1. The van der Waals surface area contributed by atoms with E-state index < -0.39 is 0 Å². The van der Waals surface area contributed by atoms with Crippen molar-refractivity contribution in [2.45, 2.75) is 27.3 Å². The number of amides is 1. The highest BCUT2D eigenvalue weighted by Gasteiger charge is 2.13. The van der Waals surface area contributed by atoms with Crippen molar-refractivity contribution >= 4 is 11.6 Å². The van der Waals surface area contributed by atoms with Gasteiger partial charge in [0.2, 0.25) is 11.7 Å². The molecule has 4 rings (SSSR count). The van der Waals surface area contributed by atoms with Gasteiger partial charge in [-0.05, 0) is 38.5 Å². The molecule has 7 heteroatoms. The molecule has 0 saturated carbocycles. The summed E-state index contributed by atoms with van der Waals surface area (Å²) in [6.07, 6.45) is 1.55. The number of aromatic nitrogens is 3. The molecule has 0 bridgehead atoms. The highest BCUT2D eigenvalue weighted by Crippen LogP contribution is 2.22. The van der Waals surface area contributed by atoms with Gasteiger partial charge in [0, 0.05) is 23.5 Å². The summed E-state index contributed by atoms with van der Waals surface area (Å²) >= 11 is 0. The van der Waals surface area contributed by atoms with Gasteiger partial charge in [0.1, 0.15) is 6.54 Å². The van der Waals surface area contributed by atoms with Crippen LogP contribution in [-0.4, -0.2) is 20.6 Å². The second kappa shape index (κ2) is 8.39. The first-order chi connectivity index (χ1) is 14.9. The normalized spacial score (nSPS) is 10.8. The summed E-state index contributed by atoms with van der Waals surface area (Å²) < 4.78 is 6.70. The van der Waals surface area contributed by atoms with Crippen molar-refractivity contribution in [3.8, 4) is 22.8 Å². The highest BCUT2D eigenvalue weighted by atomic mass is 16.5. The Morgan fingerprint density at radius 2 is 1.68 bits per heavy atom. The van der Waals surface area contributed by atoms with Gasteiger partial charge in [-0.3, -0.25) is 9.59 Å². The maximum atomic E-state index is 12.5. The zero-order chi connectivity index (χ0) is 22.0. The molecule has 0 aliphatic rings. The van der Waals surface area contributed by atoms with Crippen LogP contribution in [0.4, 0.5) is 5.69 Å². The van der Waals surface area contributed by atoms with E-state index in [1.165, 1.54) is 10.6 Å². The Labute approximate surface area is 179 Å². The molecule has 0 aliphatic carbocycles. The van der Waals surface area contributed by atoms with Crippen LogP contribution in [0.25, 0.3) is 22.8 Å². The van der Waals surface area contributed by atoms with Crippen molar-refractivity contribution in [3.63, 3.8) is 0 Å². The van der Waals surface area contributed by atoms with Crippen molar-refractivity contribution in [1.29, 1.82) is 0 Å². The second-order valence-electron chi connectivity index (χ2n) is 7.54. The SMILES string of the molecule is Cc1ccc(-c2noc(-c3ccc(=O)n(CC(=O)Nc4ccc(C)cc4C)c3)n2)cc1. The van der Waals surface area contributed by atoms with Crippen LogP contribution in [0, 0.1) is 20.8 Å². The number of pyridine rings is 1. The molecule has 1 N–H and O–H groups in total. The topological polar surface area (TPSA) is 90.0 Å². The van der Waals surface area contributed by atoms with Crippen molar-refractivity contribution in [2.75, 3.05) is 5.32 Å². The van der Waals surface area contributed by atoms with Crippen molar-refractivity contribution in [2.24, 2.45) is 0 Å². The lowest BCUT2D eigenvalue weighted by atomic mass is 10.1. The molecule has 0 atom stereocenters. The van der Waals surface area contributed by atoms with E-state index in [0.29, 0.717) is 11.4 Å². The fraction of sp³-hybridized carbons (Fsp3) is 0.167. The fourth-order valence-corrected chi connectivity index (χ4v) is 3.24. The summed E-state index contributed by atoms with van der Waals surface area (Å²) in [7, 11) is 0. The number of carbonyl (C=O) groups excluding carboxylic acids is 1. The van der Waals surface area contributed by atoms with Crippen LogP contribution in [0.1, 0.15) is 16.7 Å². The predicted octanol–water partition coefficient (Wildman–Crippen LogP) is 4.13. The molecule has 2 heterocycles. The minimum atomic E-state index is -0.294. The number of nitrogens with one attached hydrogen (secondary N) is 1. The van der Waals surface area contributed by atoms with Gasteiger partial charge in [0.15, 0.2) is 0 Å². The first-order valence-electron chi connectivity index (χ1n) is 9.88. The molecule has 31 heavy (non-hydrogen) atoms. The third kappa shape index (κ3) is 4.61. The van der Waals surface area contributed by atoms with Crippen molar-refractivity contribution in [1.82, 2.24) is 14.7 Å². The summed E-state index contributed by atoms with van der Waals surface area (Å²) in [5.41, 5.74) is 5.04. The molecule has 4 aromatic rings. The standard InChI is InChI=1S/C24H22N4O3/c1-15-4-7-18(8-5-15)23-26-24(31-27-23)19-9-11-22(30)28(13-19)14-21(29)25-20-10-6-16(2)12-17(20)3/h4-13H,14H2,1-3H3,(H,25,29). The van der Waals surface area contributed by atoms with E-state index in [0.717, 1.165) is 27.9 Å². The average Bonchev–Trinajstić information content (AvgIpc) is 3.22.